The molecule has 31 heavy (non-hydrogen) atoms. The minimum absolute atomic E-state index is 0.0753. The highest BCUT2D eigenvalue weighted by Gasteiger charge is 2.66. The van der Waals surface area contributed by atoms with E-state index in [9.17, 15) is 19.5 Å². The van der Waals surface area contributed by atoms with Crippen LogP contribution >= 0.6 is 0 Å². The van der Waals surface area contributed by atoms with E-state index in [1.54, 1.807) is 0 Å². The fraction of sp³-hybridized carbons (Fsp3) is 0.800. The molecule has 0 aromatic carbocycles. The lowest BCUT2D eigenvalue weighted by Gasteiger charge is -2.59. The first-order valence-corrected chi connectivity index (χ1v) is 11.8. The number of hydrogen-bond acceptors (Lipinski definition) is 6. The molecule has 172 valence electrons. The number of carbonyl (C=O) groups is 3. The van der Waals surface area contributed by atoms with Gasteiger partial charge in [-0.3, -0.25) is 14.4 Å². The highest BCUT2D eigenvalue weighted by atomic mass is 16.6. The normalized spacial score (nSPS) is 42.5. The number of hydrogen-bond donors (Lipinski definition) is 1. The topological polar surface area (TPSA) is 89.9 Å². The van der Waals surface area contributed by atoms with Crippen LogP contribution in [0.1, 0.15) is 79.1 Å². The molecule has 0 amide bonds. The van der Waals surface area contributed by atoms with E-state index < -0.39 is 29.1 Å². The molecule has 0 unspecified atom stereocenters. The van der Waals surface area contributed by atoms with Crippen molar-refractivity contribution in [3.63, 3.8) is 0 Å². The summed E-state index contributed by atoms with van der Waals surface area (Å²) in [5.74, 6) is 0.657. The number of rotatable bonds is 4. The van der Waals surface area contributed by atoms with Gasteiger partial charge in [0.15, 0.2) is 11.9 Å². The fourth-order valence-electron chi connectivity index (χ4n) is 7.80. The first-order chi connectivity index (χ1) is 14.5. The third kappa shape index (κ3) is 3.46. The van der Waals surface area contributed by atoms with Gasteiger partial charge in [0.2, 0.25) is 0 Å². The van der Waals surface area contributed by atoms with Crippen molar-refractivity contribution in [3.8, 4) is 0 Å². The molecule has 0 bridgehead atoms. The second-order valence-electron chi connectivity index (χ2n) is 10.8. The largest absolute Gasteiger partial charge is 0.462 e. The molecule has 0 aromatic heterocycles. The Hall–Kier alpha value is -1.69. The van der Waals surface area contributed by atoms with Crippen LogP contribution in [-0.2, 0) is 23.9 Å². The molecule has 4 rings (SSSR count). The quantitative estimate of drug-likeness (QED) is 0.681. The van der Waals surface area contributed by atoms with Gasteiger partial charge in [0, 0.05) is 25.7 Å². The molecule has 6 nitrogen and oxygen atoms in total. The third-order valence-electron chi connectivity index (χ3n) is 9.46. The number of aliphatic hydroxyl groups is 1. The zero-order valence-corrected chi connectivity index (χ0v) is 19.2. The monoisotopic (exact) mass is 432 g/mol. The second kappa shape index (κ2) is 7.72. The van der Waals surface area contributed by atoms with Crippen molar-refractivity contribution in [1.82, 2.24) is 0 Å². The van der Waals surface area contributed by atoms with Crippen LogP contribution in [0.3, 0.4) is 0 Å². The van der Waals surface area contributed by atoms with Crippen LogP contribution < -0.4 is 0 Å². The van der Waals surface area contributed by atoms with Crippen molar-refractivity contribution in [2.45, 2.75) is 90.8 Å². The Morgan fingerprint density at radius 1 is 1.06 bits per heavy atom. The van der Waals surface area contributed by atoms with Crippen LogP contribution in [0.4, 0.5) is 0 Å². The smallest absolute Gasteiger partial charge is 0.303 e. The lowest BCUT2D eigenvalue weighted by molar-refractivity contribution is -0.207. The van der Waals surface area contributed by atoms with E-state index in [0.717, 1.165) is 38.5 Å². The minimum Gasteiger partial charge on any atom is -0.462 e. The van der Waals surface area contributed by atoms with E-state index in [4.69, 9.17) is 9.47 Å². The van der Waals surface area contributed by atoms with Gasteiger partial charge in [-0.15, -0.1) is 0 Å². The van der Waals surface area contributed by atoms with Gasteiger partial charge in [-0.05, 0) is 74.2 Å². The molecular weight excluding hydrogens is 396 g/mol. The number of ether oxygens (including phenoxy) is 2. The third-order valence-corrected chi connectivity index (χ3v) is 9.46. The summed E-state index contributed by atoms with van der Waals surface area (Å²) in [7, 11) is 0. The summed E-state index contributed by atoms with van der Waals surface area (Å²) >= 11 is 0. The molecule has 3 saturated carbocycles. The molecule has 4 aliphatic rings. The lowest BCUT2D eigenvalue weighted by atomic mass is 9.46. The van der Waals surface area contributed by atoms with E-state index in [1.807, 2.05) is 6.08 Å². The summed E-state index contributed by atoms with van der Waals surface area (Å²) in [6, 6.07) is 0. The van der Waals surface area contributed by atoms with Gasteiger partial charge in [0.05, 0.1) is 0 Å². The van der Waals surface area contributed by atoms with Gasteiger partial charge < -0.3 is 14.6 Å². The van der Waals surface area contributed by atoms with Crippen molar-refractivity contribution in [3.05, 3.63) is 11.6 Å². The number of allylic oxidation sites excluding steroid dienone is 1. The molecular formula is C25H36O6. The molecule has 0 saturated heterocycles. The van der Waals surface area contributed by atoms with Gasteiger partial charge >= 0.3 is 11.9 Å². The van der Waals surface area contributed by atoms with Crippen LogP contribution in [-0.4, -0.2) is 41.1 Å². The average Bonchev–Trinajstić information content (AvgIpc) is 2.97. The van der Waals surface area contributed by atoms with E-state index in [1.165, 1.54) is 19.4 Å². The Morgan fingerprint density at radius 3 is 2.45 bits per heavy atom. The molecule has 0 aliphatic heterocycles. The van der Waals surface area contributed by atoms with E-state index in [-0.39, 0.29) is 17.8 Å². The van der Waals surface area contributed by atoms with Gasteiger partial charge in [-0.2, -0.15) is 0 Å². The molecule has 0 radical (unpaired) electrons. The van der Waals surface area contributed by atoms with Crippen LogP contribution in [0, 0.1) is 28.6 Å². The first-order valence-electron chi connectivity index (χ1n) is 11.8. The highest BCUT2D eigenvalue weighted by molar-refractivity contribution is 5.91. The standard InChI is InChI=1S/C25H36O6/c1-15(26)30-14-22(31-16(2)27)25(29)12-9-21-19-6-5-17-13-18(28)7-10-23(17,3)20(19)8-11-24(21,25)4/h13,19-22,29H,5-12,14H2,1-4H3/t19-,20+,21+,22+,23-,24+,25+/m0/s1. The Bertz CT molecular complexity index is 817. The molecule has 0 heterocycles. The maximum Gasteiger partial charge on any atom is 0.303 e. The molecule has 6 heteroatoms. The SMILES string of the molecule is CC(=O)OC[C@@H](OC(C)=O)[C@]1(O)CC[C@@H]2[C@H]3CCC4=CC(=O)CC[C@]4(C)[C@@H]3CC[C@]21C. The first kappa shape index (κ1) is 22.5. The summed E-state index contributed by atoms with van der Waals surface area (Å²) < 4.78 is 10.7. The summed E-state index contributed by atoms with van der Waals surface area (Å²) in [5, 5.41) is 12.0. The molecule has 3 fully saturated rings. The van der Waals surface area contributed by atoms with Crippen molar-refractivity contribution >= 4 is 17.7 Å². The van der Waals surface area contributed by atoms with Gasteiger partial charge in [0.25, 0.3) is 0 Å². The number of esters is 2. The predicted molar refractivity (Wildman–Crippen MR) is 114 cm³/mol. The predicted octanol–water partition coefficient (Wildman–Crippen LogP) is 3.74. The van der Waals surface area contributed by atoms with Gasteiger partial charge in [0.1, 0.15) is 12.2 Å². The van der Waals surface area contributed by atoms with Gasteiger partial charge in [-0.25, -0.2) is 0 Å². The van der Waals surface area contributed by atoms with Crippen molar-refractivity contribution in [2.24, 2.45) is 28.6 Å². The Kier molecular flexibility index (Phi) is 5.60. The Balaban J connectivity index is 1.63. The molecule has 7 atom stereocenters. The summed E-state index contributed by atoms with van der Waals surface area (Å²) in [6.45, 7) is 7.02. The Morgan fingerprint density at radius 2 is 1.77 bits per heavy atom. The van der Waals surface area contributed by atoms with E-state index in [0.29, 0.717) is 30.6 Å². The minimum atomic E-state index is -1.22. The molecule has 0 spiro atoms. The maximum absolute atomic E-state index is 12.0. The lowest BCUT2D eigenvalue weighted by Crippen LogP contribution is -2.60. The van der Waals surface area contributed by atoms with Gasteiger partial charge in [-0.1, -0.05) is 19.4 Å². The maximum atomic E-state index is 12.0. The van der Waals surface area contributed by atoms with Crippen molar-refractivity contribution in [2.75, 3.05) is 6.61 Å². The van der Waals surface area contributed by atoms with Crippen molar-refractivity contribution < 1.29 is 29.0 Å². The average molecular weight is 433 g/mol. The van der Waals surface area contributed by atoms with Crippen molar-refractivity contribution in [1.29, 1.82) is 0 Å². The molecule has 1 N–H and O–H groups in total. The number of carbonyl (C=O) groups excluding carboxylic acids is 3. The van der Waals surface area contributed by atoms with Crippen LogP contribution in [0.2, 0.25) is 0 Å². The Labute approximate surface area is 184 Å². The number of ketones is 1. The van der Waals surface area contributed by atoms with E-state index >= 15 is 0 Å². The molecule has 4 aliphatic carbocycles. The molecule has 0 aromatic rings. The van der Waals surface area contributed by atoms with E-state index in [2.05, 4.69) is 13.8 Å². The summed E-state index contributed by atoms with van der Waals surface area (Å²) in [5.41, 5.74) is -0.222. The van der Waals surface area contributed by atoms with Crippen LogP contribution in [0.5, 0.6) is 0 Å². The summed E-state index contributed by atoms with van der Waals surface area (Å²) in [6.07, 6.45) is 7.84. The summed E-state index contributed by atoms with van der Waals surface area (Å²) in [4.78, 5) is 35.3. The van der Waals surface area contributed by atoms with Crippen LogP contribution in [0.25, 0.3) is 0 Å². The number of fused-ring (bicyclic) bond motifs is 5. The second-order valence-corrected chi connectivity index (χ2v) is 10.8. The van der Waals surface area contributed by atoms with Crippen LogP contribution in [0.15, 0.2) is 11.6 Å². The zero-order chi connectivity index (χ0) is 22.6. The zero-order valence-electron chi connectivity index (χ0n) is 19.2. The highest BCUT2D eigenvalue weighted by Crippen LogP contribution is 2.68. The fourth-order valence-corrected chi connectivity index (χ4v) is 7.80.